The van der Waals surface area contributed by atoms with Gasteiger partial charge in [-0.3, -0.25) is 0 Å². The fourth-order valence-corrected chi connectivity index (χ4v) is 12.4. The van der Waals surface area contributed by atoms with Gasteiger partial charge in [0.1, 0.15) is 22.3 Å². The maximum absolute atomic E-state index is 6.12. The van der Waals surface area contributed by atoms with Crippen molar-refractivity contribution in [3.8, 4) is 44.5 Å². The van der Waals surface area contributed by atoms with E-state index in [1.165, 1.54) is 97.7 Å². The minimum atomic E-state index is -0.392. The molecule has 3 heteroatoms. The van der Waals surface area contributed by atoms with E-state index in [1.54, 1.807) is 0 Å². The molecule has 11 aromatic carbocycles. The highest BCUT2D eigenvalue weighted by atomic mass is 32.1. The summed E-state index contributed by atoms with van der Waals surface area (Å²) >= 11 is 1.86. The van der Waals surface area contributed by atoms with Crippen LogP contribution in [-0.2, 0) is 5.41 Å². The predicted molar refractivity (Wildman–Crippen MR) is 294 cm³/mol. The molecule has 328 valence electrons. The number of hydrogen-bond acceptors (Lipinski definition) is 3. The SMILES string of the molecule is c1ccc(-c2ccc3sc4ccc(-c5cccc6oc7ccccc7c56)cc4c3c2)cc1.c1ccc(C2(c3ccccc3)c3ccccc3-c3ccc(-c4ccc5oc6ccccc6c5c4)cc32)cc1. The second-order valence-electron chi connectivity index (χ2n) is 18.3. The van der Waals surface area contributed by atoms with E-state index in [4.69, 9.17) is 8.83 Å². The minimum Gasteiger partial charge on any atom is -0.456 e. The number of thiophene rings is 1. The molecule has 0 amide bonds. The van der Waals surface area contributed by atoms with Crippen LogP contribution in [0.5, 0.6) is 0 Å². The van der Waals surface area contributed by atoms with Crippen LogP contribution in [0.25, 0.3) is 109 Å². The van der Waals surface area contributed by atoms with E-state index in [0.717, 1.165) is 33.1 Å². The van der Waals surface area contributed by atoms with E-state index in [1.807, 2.05) is 35.6 Å². The molecule has 0 spiro atoms. The third-order valence-corrected chi connectivity index (χ3v) is 15.6. The summed E-state index contributed by atoms with van der Waals surface area (Å²) in [6, 6.07) is 91.6. The molecule has 0 fully saturated rings. The molecule has 0 N–H and O–H groups in total. The summed E-state index contributed by atoms with van der Waals surface area (Å²) in [4.78, 5) is 0. The van der Waals surface area contributed by atoms with Gasteiger partial charge in [-0.05, 0) is 127 Å². The van der Waals surface area contributed by atoms with E-state index >= 15 is 0 Å². The highest BCUT2D eigenvalue weighted by molar-refractivity contribution is 7.25. The molecular weight excluding hydrogens is 869 g/mol. The fourth-order valence-electron chi connectivity index (χ4n) is 11.3. The maximum atomic E-state index is 6.12. The molecule has 0 saturated carbocycles. The Morgan fingerprint density at radius 2 is 0.757 bits per heavy atom. The zero-order valence-corrected chi connectivity index (χ0v) is 38.8. The Labute approximate surface area is 409 Å². The molecule has 0 radical (unpaired) electrons. The standard InChI is InChI=1S/C37H24O.C30H18OS/c1-3-11-27(12-4-1)37(28-13-5-2-6-14-28)33-17-9-7-15-29(33)30-21-19-26(24-34(30)37)25-20-22-36-32(23-25)31-16-8-10-18-35(31)38-36;1-2-7-19(8-3-1)20-13-15-28-24(17-20)25-18-21(14-16-29(25)32-28)22-10-6-12-27-30(22)23-9-4-5-11-26(23)31-27/h1-24H;1-18H. The van der Waals surface area contributed by atoms with Crippen molar-refractivity contribution >= 4 is 75.4 Å². The van der Waals surface area contributed by atoms with Crippen molar-refractivity contribution in [2.45, 2.75) is 5.41 Å². The largest absolute Gasteiger partial charge is 0.456 e. The topological polar surface area (TPSA) is 26.3 Å². The molecule has 1 aliphatic rings. The molecule has 1 aliphatic carbocycles. The van der Waals surface area contributed by atoms with E-state index < -0.39 is 5.41 Å². The molecule has 70 heavy (non-hydrogen) atoms. The third-order valence-electron chi connectivity index (χ3n) is 14.5. The molecule has 3 heterocycles. The second-order valence-corrected chi connectivity index (χ2v) is 19.3. The first kappa shape index (κ1) is 40.3. The maximum Gasteiger partial charge on any atom is 0.136 e. The van der Waals surface area contributed by atoms with Gasteiger partial charge in [0.05, 0.1) is 5.41 Å². The molecule has 0 atom stereocenters. The number of furan rings is 2. The summed E-state index contributed by atoms with van der Waals surface area (Å²) in [5.41, 5.74) is 18.5. The summed E-state index contributed by atoms with van der Waals surface area (Å²) in [6.07, 6.45) is 0. The molecule has 3 aromatic heterocycles. The third kappa shape index (κ3) is 6.32. The summed E-state index contributed by atoms with van der Waals surface area (Å²) in [6.45, 7) is 0. The van der Waals surface area contributed by atoms with Crippen molar-refractivity contribution in [2.24, 2.45) is 0 Å². The van der Waals surface area contributed by atoms with Gasteiger partial charge >= 0.3 is 0 Å². The predicted octanol–water partition coefficient (Wildman–Crippen LogP) is 18.9. The Morgan fingerprint density at radius 3 is 1.51 bits per heavy atom. The lowest BCUT2D eigenvalue weighted by Gasteiger charge is -2.34. The first-order valence-corrected chi connectivity index (χ1v) is 24.7. The van der Waals surface area contributed by atoms with Crippen LogP contribution in [0, 0.1) is 0 Å². The zero-order chi connectivity index (χ0) is 46.2. The number of hydrogen-bond donors (Lipinski definition) is 0. The first-order chi connectivity index (χ1) is 34.7. The monoisotopic (exact) mass is 910 g/mol. The van der Waals surface area contributed by atoms with Crippen molar-refractivity contribution < 1.29 is 8.83 Å². The van der Waals surface area contributed by atoms with Crippen molar-refractivity contribution in [1.29, 1.82) is 0 Å². The fraction of sp³-hybridized carbons (Fsp3) is 0.0149. The Kier molecular flexibility index (Phi) is 9.33. The molecule has 0 saturated heterocycles. The van der Waals surface area contributed by atoms with Gasteiger partial charge in [0.2, 0.25) is 0 Å². The molecule has 14 aromatic rings. The number of fused-ring (bicyclic) bond motifs is 12. The quantitative estimate of drug-likeness (QED) is 0.172. The van der Waals surface area contributed by atoms with Gasteiger partial charge in [-0.1, -0.05) is 194 Å². The average molecular weight is 911 g/mol. The Hall–Kier alpha value is -8.76. The molecule has 2 nitrogen and oxygen atoms in total. The highest BCUT2D eigenvalue weighted by Crippen LogP contribution is 2.57. The summed E-state index contributed by atoms with van der Waals surface area (Å²) in [5.74, 6) is 0. The lowest BCUT2D eigenvalue weighted by atomic mass is 9.67. The van der Waals surface area contributed by atoms with Crippen LogP contribution in [0.15, 0.2) is 264 Å². The Bertz CT molecular complexity index is 4250. The van der Waals surface area contributed by atoms with Gasteiger partial charge < -0.3 is 8.83 Å². The molecule has 0 bridgehead atoms. The van der Waals surface area contributed by atoms with Crippen LogP contribution < -0.4 is 0 Å². The van der Waals surface area contributed by atoms with Crippen molar-refractivity contribution in [3.63, 3.8) is 0 Å². The van der Waals surface area contributed by atoms with Gasteiger partial charge in [0.15, 0.2) is 0 Å². The number of para-hydroxylation sites is 2. The smallest absolute Gasteiger partial charge is 0.136 e. The lowest BCUT2D eigenvalue weighted by molar-refractivity contribution is 0.668. The number of benzene rings is 11. The van der Waals surface area contributed by atoms with Crippen LogP contribution in [-0.4, -0.2) is 0 Å². The van der Waals surface area contributed by atoms with Crippen molar-refractivity contribution in [3.05, 3.63) is 277 Å². The van der Waals surface area contributed by atoms with E-state index in [2.05, 4.69) is 231 Å². The molecule has 0 unspecified atom stereocenters. The lowest BCUT2D eigenvalue weighted by Crippen LogP contribution is -2.28. The van der Waals surface area contributed by atoms with Crippen LogP contribution in [0.2, 0.25) is 0 Å². The van der Waals surface area contributed by atoms with Gasteiger partial charge in [-0.2, -0.15) is 0 Å². The van der Waals surface area contributed by atoms with Crippen LogP contribution >= 0.6 is 11.3 Å². The van der Waals surface area contributed by atoms with Gasteiger partial charge in [0.25, 0.3) is 0 Å². The molecule has 15 rings (SSSR count). The summed E-state index contributed by atoms with van der Waals surface area (Å²) < 4.78 is 14.9. The van der Waals surface area contributed by atoms with Crippen molar-refractivity contribution in [2.75, 3.05) is 0 Å². The van der Waals surface area contributed by atoms with Crippen LogP contribution in [0.4, 0.5) is 0 Å². The Morgan fingerprint density at radius 1 is 0.271 bits per heavy atom. The Balaban J connectivity index is 0.000000133. The summed E-state index contributed by atoms with van der Waals surface area (Å²) in [7, 11) is 0. The normalized spacial score (nSPS) is 12.7. The van der Waals surface area contributed by atoms with Gasteiger partial charge in [-0.25, -0.2) is 0 Å². The van der Waals surface area contributed by atoms with Crippen LogP contribution in [0.3, 0.4) is 0 Å². The average Bonchev–Trinajstić information content (AvgIpc) is 4.20. The number of rotatable bonds is 5. The zero-order valence-electron chi connectivity index (χ0n) is 38.0. The van der Waals surface area contributed by atoms with Gasteiger partial charge in [0, 0.05) is 41.7 Å². The van der Waals surface area contributed by atoms with Gasteiger partial charge in [-0.15, -0.1) is 11.3 Å². The summed E-state index contributed by atoms with van der Waals surface area (Å²) in [5, 5.41) is 7.29. The van der Waals surface area contributed by atoms with E-state index in [0.29, 0.717) is 0 Å². The van der Waals surface area contributed by atoms with E-state index in [9.17, 15) is 0 Å². The second kappa shape index (κ2) is 16.2. The minimum absolute atomic E-state index is 0.392. The molecule has 0 aliphatic heterocycles. The van der Waals surface area contributed by atoms with E-state index in [-0.39, 0.29) is 0 Å². The molecular formula is C67H42O2S. The highest BCUT2D eigenvalue weighted by Gasteiger charge is 2.46. The van der Waals surface area contributed by atoms with Crippen LogP contribution in [0.1, 0.15) is 22.3 Å². The first-order valence-electron chi connectivity index (χ1n) is 23.9. The van der Waals surface area contributed by atoms with Crippen molar-refractivity contribution in [1.82, 2.24) is 0 Å².